The van der Waals surface area contributed by atoms with Crippen molar-refractivity contribution in [3.8, 4) is 12.1 Å². The van der Waals surface area contributed by atoms with Gasteiger partial charge in [0.2, 0.25) is 0 Å². The molecule has 1 aromatic carbocycles. The molecule has 17 heavy (non-hydrogen) atoms. The van der Waals surface area contributed by atoms with Crippen LogP contribution < -0.4 is 4.90 Å². The van der Waals surface area contributed by atoms with Crippen LogP contribution in [0.1, 0.15) is 24.8 Å². The summed E-state index contributed by atoms with van der Waals surface area (Å²) in [6.07, 6.45) is 2.57. The first-order valence-corrected chi connectivity index (χ1v) is 5.59. The predicted molar refractivity (Wildman–Crippen MR) is 61.7 cm³/mol. The molecule has 1 fully saturated rings. The second kappa shape index (κ2) is 4.84. The predicted octanol–water partition coefficient (Wildman–Crippen LogP) is 2.58. The number of nitrogens with zero attached hydrogens (tertiary/aromatic N) is 3. The van der Waals surface area contributed by atoms with Gasteiger partial charge in [-0.2, -0.15) is 10.5 Å². The number of rotatable bonds is 4. The first-order chi connectivity index (χ1) is 8.26. The molecule has 1 aromatic rings. The fourth-order valence-electron chi connectivity index (χ4n) is 1.90. The van der Waals surface area contributed by atoms with Crippen LogP contribution in [-0.2, 0) is 0 Å². The van der Waals surface area contributed by atoms with E-state index >= 15 is 0 Å². The summed E-state index contributed by atoms with van der Waals surface area (Å²) in [5.74, 6) is -0.402. The molecule has 0 saturated heterocycles. The van der Waals surface area contributed by atoms with Gasteiger partial charge in [-0.05, 0) is 31.0 Å². The van der Waals surface area contributed by atoms with Crippen molar-refractivity contribution < 1.29 is 4.39 Å². The zero-order valence-electron chi connectivity index (χ0n) is 9.36. The third-order valence-electron chi connectivity index (χ3n) is 2.84. The van der Waals surface area contributed by atoms with Gasteiger partial charge in [-0.1, -0.05) is 0 Å². The standard InChI is InChI=1S/C13H12FN3/c14-11-2-5-13(10(8-11)9-16)17(7-1-6-15)12-3-4-12/h2,5,8,12H,1,3-4,7H2. The van der Waals surface area contributed by atoms with Crippen LogP contribution in [0.25, 0.3) is 0 Å². The average molecular weight is 229 g/mol. The zero-order valence-corrected chi connectivity index (χ0v) is 9.36. The van der Waals surface area contributed by atoms with Crippen molar-refractivity contribution in [3.63, 3.8) is 0 Å². The van der Waals surface area contributed by atoms with Gasteiger partial charge in [0.1, 0.15) is 11.9 Å². The summed E-state index contributed by atoms with van der Waals surface area (Å²) in [5, 5.41) is 17.6. The van der Waals surface area contributed by atoms with Gasteiger partial charge in [0.05, 0.1) is 23.7 Å². The minimum absolute atomic E-state index is 0.342. The molecule has 0 unspecified atom stereocenters. The van der Waals surface area contributed by atoms with Crippen LogP contribution in [0.15, 0.2) is 18.2 Å². The Morgan fingerprint density at radius 2 is 2.12 bits per heavy atom. The minimum Gasteiger partial charge on any atom is -0.366 e. The molecule has 0 aromatic heterocycles. The van der Waals surface area contributed by atoms with Gasteiger partial charge in [0.15, 0.2) is 0 Å². The molecule has 0 atom stereocenters. The van der Waals surface area contributed by atoms with Crippen molar-refractivity contribution in [1.29, 1.82) is 10.5 Å². The van der Waals surface area contributed by atoms with E-state index in [-0.39, 0.29) is 0 Å². The van der Waals surface area contributed by atoms with E-state index in [0.29, 0.717) is 24.6 Å². The highest BCUT2D eigenvalue weighted by Gasteiger charge is 2.30. The van der Waals surface area contributed by atoms with Gasteiger partial charge in [0, 0.05) is 12.6 Å². The normalized spacial score (nSPS) is 13.8. The Morgan fingerprint density at radius 1 is 1.35 bits per heavy atom. The van der Waals surface area contributed by atoms with Crippen molar-refractivity contribution in [2.75, 3.05) is 11.4 Å². The van der Waals surface area contributed by atoms with Crippen LogP contribution in [-0.4, -0.2) is 12.6 Å². The SMILES string of the molecule is N#CCCN(c1ccc(F)cc1C#N)C1CC1. The molecule has 0 bridgehead atoms. The molecule has 1 aliphatic carbocycles. The Morgan fingerprint density at radius 3 is 2.71 bits per heavy atom. The van der Waals surface area contributed by atoms with Crippen LogP contribution in [0.5, 0.6) is 0 Å². The monoisotopic (exact) mass is 229 g/mol. The number of hydrogen-bond acceptors (Lipinski definition) is 3. The maximum atomic E-state index is 13.0. The molecule has 1 aliphatic rings. The quantitative estimate of drug-likeness (QED) is 0.797. The van der Waals surface area contributed by atoms with E-state index in [0.717, 1.165) is 18.5 Å². The highest BCUT2D eigenvalue weighted by Crippen LogP contribution is 2.33. The third kappa shape index (κ3) is 2.54. The van der Waals surface area contributed by atoms with Gasteiger partial charge in [-0.25, -0.2) is 4.39 Å². The van der Waals surface area contributed by atoms with Crippen molar-refractivity contribution in [2.24, 2.45) is 0 Å². The second-order valence-corrected chi connectivity index (χ2v) is 4.11. The van der Waals surface area contributed by atoms with Crippen molar-refractivity contribution >= 4 is 5.69 Å². The summed E-state index contributed by atoms with van der Waals surface area (Å²) < 4.78 is 13.0. The lowest BCUT2D eigenvalue weighted by Crippen LogP contribution is -2.27. The molecule has 2 rings (SSSR count). The number of benzene rings is 1. The van der Waals surface area contributed by atoms with Crippen LogP contribution in [0.4, 0.5) is 10.1 Å². The lowest BCUT2D eigenvalue weighted by Gasteiger charge is -2.24. The molecule has 0 N–H and O–H groups in total. The largest absolute Gasteiger partial charge is 0.366 e. The Bertz CT molecular complexity index is 494. The number of anilines is 1. The molecule has 4 heteroatoms. The summed E-state index contributed by atoms with van der Waals surface area (Å²) in [4.78, 5) is 2.04. The highest BCUT2D eigenvalue weighted by atomic mass is 19.1. The Balaban J connectivity index is 2.29. The minimum atomic E-state index is -0.402. The van der Waals surface area contributed by atoms with E-state index < -0.39 is 5.82 Å². The molecule has 86 valence electrons. The molecular weight excluding hydrogens is 217 g/mol. The molecule has 3 nitrogen and oxygen atoms in total. The molecule has 0 amide bonds. The van der Waals surface area contributed by atoms with Gasteiger partial charge in [-0.3, -0.25) is 0 Å². The van der Waals surface area contributed by atoms with E-state index in [2.05, 4.69) is 6.07 Å². The van der Waals surface area contributed by atoms with Gasteiger partial charge in [-0.15, -0.1) is 0 Å². The summed E-state index contributed by atoms with van der Waals surface area (Å²) in [5.41, 5.74) is 1.08. The first kappa shape index (κ1) is 11.4. The number of hydrogen-bond donors (Lipinski definition) is 0. The fourth-order valence-corrected chi connectivity index (χ4v) is 1.90. The maximum Gasteiger partial charge on any atom is 0.124 e. The summed E-state index contributed by atoms with van der Waals surface area (Å²) in [6, 6.07) is 8.75. The first-order valence-electron chi connectivity index (χ1n) is 5.59. The number of halogens is 1. The Labute approximate surface area is 99.7 Å². The molecule has 0 aliphatic heterocycles. The summed E-state index contributed by atoms with van der Waals surface area (Å²) in [6.45, 7) is 0.599. The van der Waals surface area contributed by atoms with E-state index in [4.69, 9.17) is 10.5 Å². The third-order valence-corrected chi connectivity index (χ3v) is 2.84. The summed E-state index contributed by atoms with van der Waals surface area (Å²) >= 11 is 0. The van der Waals surface area contributed by atoms with E-state index in [1.165, 1.54) is 12.1 Å². The van der Waals surface area contributed by atoms with Crippen LogP contribution in [0.3, 0.4) is 0 Å². The van der Waals surface area contributed by atoms with Crippen molar-refractivity contribution in [3.05, 3.63) is 29.6 Å². The van der Waals surface area contributed by atoms with Crippen molar-refractivity contribution in [1.82, 2.24) is 0 Å². The molecule has 0 spiro atoms. The second-order valence-electron chi connectivity index (χ2n) is 4.11. The molecule has 1 saturated carbocycles. The van der Waals surface area contributed by atoms with Crippen LogP contribution in [0.2, 0.25) is 0 Å². The fraction of sp³-hybridized carbons (Fsp3) is 0.385. The van der Waals surface area contributed by atoms with Gasteiger partial charge >= 0.3 is 0 Å². The number of nitriles is 2. The topological polar surface area (TPSA) is 50.8 Å². The van der Waals surface area contributed by atoms with Gasteiger partial charge < -0.3 is 4.90 Å². The van der Waals surface area contributed by atoms with E-state index in [9.17, 15) is 4.39 Å². The lowest BCUT2D eigenvalue weighted by molar-refractivity contribution is 0.626. The Hall–Kier alpha value is -2.07. The van der Waals surface area contributed by atoms with Crippen LogP contribution >= 0.6 is 0 Å². The van der Waals surface area contributed by atoms with Gasteiger partial charge in [0.25, 0.3) is 0 Å². The smallest absolute Gasteiger partial charge is 0.124 e. The van der Waals surface area contributed by atoms with Crippen LogP contribution in [0, 0.1) is 28.5 Å². The summed E-state index contributed by atoms with van der Waals surface area (Å²) in [7, 11) is 0. The highest BCUT2D eigenvalue weighted by molar-refractivity contribution is 5.60. The van der Waals surface area contributed by atoms with E-state index in [1.807, 2.05) is 11.0 Å². The maximum absolute atomic E-state index is 13.0. The Kier molecular flexibility index (Phi) is 3.25. The molecular formula is C13H12FN3. The van der Waals surface area contributed by atoms with Crippen molar-refractivity contribution in [2.45, 2.75) is 25.3 Å². The molecule has 0 radical (unpaired) electrons. The molecule has 0 heterocycles. The zero-order chi connectivity index (χ0) is 12.3. The van der Waals surface area contributed by atoms with E-state index in [1.54, 1.807) is 6.07 Å². The lowest BCUT2D eigenvalue weighted by atomic mass is 10.1. The average Bonchev–Trinajstić information content (AvgIpc) is 3.15.